The molecule has 7 heavy (non-hydrogen) atoms. The van der Waals surface area contributed by atoms with Gasteiger partial charge in [0.05, 0.1) is 12.2 Å². The molecule has 0 unspecified atom stereocenters. The van der Waals surface area contributed by atoms with Gasteiger partial charge in [-0.05, 0) is 4.99 Å². The number of rotatable bonds is 0. The Bertz CT molecular complexity index is 142. The van der Waals surface area contributed by atoms with E-state index in [2.05, 4.69) is 11.2 Å². The van der Waals surface area contributed by atoms with Crippen molar-refractivity contribution in [3.05, 3.63) is 24.0 Å². The van der Waals surface area contributed by atoms with E-state index in [1.54, 1.807) is 18.2 Å². The van der Waals surface area contributed by atoms with Crippen LogP contribution < -0.4 is 5.73 Å². The summed E-state index contributed by atoms with van der Waals surface area (Å²) in [5.74, 6) is 0.516. The molecule has 0 aromatic heterocycles. The topological polar surface area (TPSA) is 38.4 Å². The first kappa shape index (κ1) is 4.03. The second kappa shape index (κ2) is 1.54. The fraction of sp³-hybridized carbons (Fsp3) is 0. The number of hydrogen-bond acceptors (Lipinski definition) is 2. The van der Waals surface area contributed by atoms with Crippen molar-refractivity contribution in [1.82, 2.24) is 0 Å². The van der Waals surface area contributed by atoms with Crippen LogP contribution in [-0.4, -0.2) is 6.21 Å². The Balaban J connectivity index is 2.82. The minimum Gasteiger partial charge on any atom is -0.331 e. The molecule has 0 saturated carbocycles. The van der Waals surface area contributed by atoms with Gasteiger partial charge in [-0.15, -0.1) is 0 Å². The van der Waals surface area contributed by atoms with Crippen LogP contribution in [0.15, 0.2) is 29.0 Å². The fourth-order valence-corrected chi connectivity index (χ4v) is 0.339. The quantitative estimate of drug-likeness (QED) is 0.430. The minimum atomic E-state index is 0.516. The van der Waals surface area contributed by atoms with Gasteiger partial charge in [0, 0.05) is 0 Å². The van der Waals surface area contributed by atoms with Crippen LogP contribution in [0.3, 0.4) is 0 Å². The van der Waals surface area contributed by atoms with Gasteiger partial charge in [0.25, 0.3) is 0 Å². The highest BCUT2D eigenvalue weighted by Crippen LogP contribution is 1.89. The summed E-state index contributed by atoms with van der Waals surface area (Å²) in [7, 11) is 0. The molecule has 0 saturated heterocycles. The largest absolute Gasteiger partial charge is 0.331 e. The molecule has 0 radical (unpaired) electrons. The summed E-state index contributed by atoms with van der Waals surface area (Å²) in [5.41, 5.74) is 5.22. The molecule has 2 nitrogen and oxygen atoms in total. The van der Waals surface area contributed by atoms with Crippen LogP contribution in [0.1, 0.15) is 0 Å². The van der Waals surface area contributed by atoms with E-state index in [1.807, 2.05) is 0 Å². The maximum absolute atomic E-state index is 5.22. The molecule has 0 atom stereocenters. The highest BCUT2D eigenvalue weighted by Gasteiger charge is 1.93. The Morgan fingerprint density at radius 2 is 2.57 bits per heavy atom. The van der Waals surface area contributed by atoms with Gasteiger partial charge in [-0.3, -0.25) is 0 Å². The third-order valence-corrected chi connectivity index (χ3v) is 0.631. The van der Waals surface area contributed by atoms with Gasteiger partial charge in [-0.2, -0.15) is 0 Å². The van der Waals surface area contributed by atoms with Gasteiger partial charge in [-0.1, -0.05) is 0 Å². The highest BCUT2D eigenvalue weighted by molar-refractivity contribution is 5.73. The molecule has 1 heterocycles. The molecule has 0 bridgehead atoms. The molecule has 0 aromatic rings. The molecule has 1 aliphatic rings. The SMILES string of the molecule is NC1=CC=C[C+]=N1. The zero-order valence-electron chi connectivity index (χ0n) is 3.76. The van der Waals surface area contributed by atoms with Crippen LogP contribution in [0, 0.1) is 0 Å². The third-order valence-electron chi connectivity index (χ3n) is 0.631. The standard InChI is InChI=1S/C5H5N2/c6-5-3-1-2-4-7-5/h1-3H,(H2,6,7)/q+1. The third kappa shape index (κ3) is 0.845. The van der Waals surface area contributed by atoms with Gasteiger partial charge >= 0.3 is 0 Å². The van der Waals surface area contributed by atoms with Crippen molar-refractivity contribution in [1.29, 1.82) is 0 Å². The van der Waals surface area contributed by atoms with Gasteiger partial charge in [0.15, 0.2) is 6.21 Å². The number of aliphatic imine (C=N–C) groups is 1. The van der Waals surface area contributed by atoms with Gasteiger partial charge in [0.2, 0.25) is 5.82 Å². The highest BCUT2D eigenvalue weighted by atomic mass is 14.9. The average Bonchev–Trinajstić information content (AvgIpc) is 1.69. The molecule has 0 aliphatic carbocycles. The molecule has 34 valence electrons. The van der Waals surface area contributed by atoms with E-state index in [-0.39, 0.29) is 0 Å². The van der Waals surface area contributed by atoms with E-state index >= 15 is 0 Å². The van der Waals surface area contributed by atoms with Crippen molar-refractivity contribution < 1.29 is 0 Å². The number of allylic oxidation sites excluding steroid dienone is 3. The van der Waals surface area contributed by atoms with Gasteiger partial charge < -0.3 is 5.73 Å². The Morgan fingerprint density at radius 1 is 1.71 bits per heavy atom. The van der Waals surface area contributed by atoms with E-state index < -0.39 is 0 Å². The van der Waals surface area contributed by atoms with E-state index in [0.717, 1.165) is 0 Å². The predicted octanol–water partition coefficient (Wildman–Crippen LogP) is 0.304. The fourth-order valence-electron chi connectivity index (χ4n) is 0.339. The van der Waals surface area contributed by atoms with Crippen molar-refractivity contribution in [2.75, 3.05) is 0 Å². The lowest BCUT2D eigenvalue weighted by Crippen LogP contribution is -1.93. The van der Waals surface area contributed by atoms with E-state index in [4.69, 9.17) is 5.73 Å². The Kier molecular flexibility index (Phi) is 0.886. The van der Waals surface area contributed by atoms with Crippen LogP contribution in [0.2, 0.25) is 0 Å². The second-order valence-electron chi connectivity index (χ2n) is 1.19. The predicted molar refractivity (Wildman–Crippen MR) is 28.8 cm³/mol. The van der Waals surface area contributed by atoms with Crippen molar-refractivity contribution in [2.24, 2.45) is 10.7 Å². The Hall–Kier alpha value is -1.14. The molecule has 0 aromatic carbocycles. The van der Waals surface area contributed by atoms with Gasteiger partial charge in [0.1, 0.15) is 6.08 Å². The first-order valence-electron chi connectivity index (χ1n) is 1.98. The summed E-state index contributed by atoms with van der Waals surface area (Å²) in [6, 6.07) is 0. The summed E-state index contributed by atoms with van der Waals surface area (Å²) < 4.78 is 0. The van der Waals surface area contributed by atoms with Crippen molar-refractivity contribution >= 4 is 6.21 Å². The molecule has 0 amide bonds. The maximum Gasteiger partial charge on any atom is 0.241 e. The lowest BCUT2D eigenvalue weighted by molar-refractivity contribution is 1.25. The minimum absolute atomic E-state index is 0.516. The Labute approximate surface area is 42.0 Å². The van der Waals surface area contributed by atoms with Crippen molar-refractivity contribution in [3.8, 4) is 0 Å². The summed E-state index contributed by atoms with van der Waals surface area (Å²) in [6.07, 6.45) is 7.80. The number of nitrogens with zero attached hydrogens (tertiary/aromatic N) is 1. The zero-order chi connectivity index (χ0) is 5.11. The van der Waals surface area contributed by atoms with Crippen LogP contribution >= 0.6 is 0 Å². The van der Waals surface area contributed by atoms with Gasteiger partial charge in [-0.25, -0.2) is 0 Å². The van der Waals surface area contributed by atoms with Crippen LogP contribution in [0.25, 0.3) is 0 Å². The average molecular weight is 93.1 g/mol. The molecule has 1 aliphatic heterocycles. The molecule has 1 rings (SSSR count). The monoisotopic (exact) mass is 93.0 g/mol. The second-order valence-corrected chi connectivity index (χ2v) is 1.19. The molecular formula is C5H5N2+. The number of nitrogens with two attached hydrogens (primary N) is 1. The first-order chi connectivity index (χ1) is 3.39. The molecule has 2 N–H and O–H groups in total. The summed E-state index contributed by atoms with van der Waals surface area (Å²) in [4.78, 5) is 3.63. The molecular weight excluding hydrogens is 88.1 g/mol. The number of hydrogen-bond donors (Lipinski definition) is 1. The van der Waals surface area contributed by atoms with Crippen LogP contribution in [-0.2, 0) is 0 Å². The first-order valence-corrected chi connectivity index (χ1v) is 1.98. The van der Waals surface area contributed by atoms with E-state index in [1.165, 1.54) is 0 Å². The van der Waals surface area contributed by atoms with E-state index in [9.17, 15) is 0 Å². The van der Waals surface area contributed by atoms with Crippen LogP contribution in [0.5, 0.6) is 0 Å². The van der Waals surface area contributed by atoms with Crippen molar-refractivity contribution in [2.45, 2.75) is 0 Å². The smallest absolute Gasteiger partial charge is 0.241 e. The summed E-state index contributed by atoms with van der Waals surface area (Å²) in [5, 5.41) is 0. The van der Waals surface area contributed by atoms with E-state index in [0.29, 0.717) is 5.82 Å². The summed E-state index contributed by atoms with van der Waals surface area (Å²) in [6.45, 7) is 0. The summed E-state index contributed by atoms with van der Waals surface area (Å²) >= 11 is 0. The van der Waals surface area contributed by atoms with Crippen molar-refractivity contribution in [3.63, 3.8) is 0 Å². The normalized spacial score (nSPS) is 15.7. The lowest BCUT2D eigenvalue weighted by Gasteiger charge is -1.76. The van der Waals surface area contributed by atoms with Crippen LogP contribution in [0.4, 0.5) is 0 Å². The molecule has 0 spiro atoms. The Morgan fingerprint density at radius 3 is 2.86 bits per heavy atom. The lowest BCUT2D eigenvalue weighted by atomic mass is 10.4. The zero-order valence-corrected chi connectivity index (χ0v) is 3.76. The molecule has 0 fully saturated rings. The maximum atomic E-state index is 5.22. The molecule has 2 heteroatoms.